The summed E-state index contributed by atoms with van der Waals surface area (Å²) in [6.07, 6.45) is 4.46. The Morgan fingerprint density at radius 2 is 1.96 bits per heavy atom. The summed E-state index contributed by atoms with van der Waals surface area (Å²) in [6.45, 7) is 0. The maximum atomic E-state index is 14.0. The van der Waals surface area contributed by atoms with Gasteiger partial charge in [0.2, 0.25) is 5.91 Å². The average molecular weight is 357 g/mol. The summed E-state index contributed by atoms with van der Waals surface area (Å²) < 4.78 is 27.1. The van der Waals surface area contributed by atoms with Crippen LogP contribution in [0.3, 0.4) is 0 Å². The van der Waals surface area contributed by atoms with Crippen LogP contribution in [0.5, 0.6) is 5.75 Å². The van der Waals surface area contributed by atoms with Gasteiger partial charge in [0.15, 0.2) is 11.6 Å². The lowest BCUT2D eigenvalue weighted by Gasteiger charge is -2.11. The maximum absolute atomic E-state index is 14.0. The molecule has 1 fully saturated rings. The minimum Gasteiger partial charge on any atom is -0.505 e. The molecule has 26 heavy (non-hydrogen) atoms. The molecule has 2 aromatic carbocycles. The molecular formula is C19H17F2N3O2. The lowest BCUT2D eigenvalue weighted by molar-refractivity contribution is -0.117. The van der Waals surface area contributed by atoms with Crippen LogP contribution in [0.1, 0.15) is 24.0 Å². The van der Waals surface area contributed by atoms with Crippen LogP contribution in [0.15, 0.2) is 36.4 Å². The number of benzene rings is 2. The van der Waals surface area contributed by atoms with Crippen molar-refractivity contribution >= 4 is 29.1 Å². The van der Waals surface area contributed by atoms with E-state index in [2.05, 4.69) is 5.32 Å². The molecule has 0 saturated heterocycles. The van der Waals surface area contributed by atoms with Gasteiger partial charge < -0.3 is 21.6 Å². The molecule has 0 radical (unpaired) electrons. The van der Waals surface area contributed by atoms with Crippen molar-refractivity contribution < 1.29 is 18.7 Å². The van der Waals surface area contributed by atoms with Gasteiger partial charge in [0.05, 0.1) is 11.4 Å². The molecule has 0 unspecified atom stereocenters. The van der Waals surface area contributed by atoms with Crippen molar-refractivity contribution in [2.24, 2.45) is 5.92 Å². The Hall–Kier alpha value is -3.22. The Labute approximate surface area is 148 Å². The number of nitrogens with one attached hydrogen (secondary N) is 2. The van der Waals surface area contributed by atoms with Crippen LogP contribution < -0.4 is 11.1 Å². The lowest BCUT2D eigenvalue weighted by atomic mass is 10.0. The predicted octanol–water partition coefficient (Wildman–Crippen LogP) is 3.68. The summed E-state index contributed by atoms with van der Waals surface area (Å²) in [6, 6.07) is 6.14. The SMILES string of the molecule is N=C(/C=C/c1ccc(F)c(O)c1)c1cc(NC(=O)C2CC2)c(F)cc1N. The molecule has 0 aliphatic heterocycles. The van der Waals surface area contributed by atoms with Crippen LogP contribution in [-0.2, 0) is 4.79 Å². The van der Waals surface area contributed by atoms with E-state index in [0.717, 1.165) is 25.0 Å². The second-order valence-corrected chi connectivity index (χ2v) is 6.14. The molecule has 5 N–H and O–H groups in total. The fourth-order valence-electron chi connectivity index (χ4n) is 2.40. The van der Waals surface area contributed by atoms with Gasteiger partial charge in [-0.15, -0.1) is 0 Å². The van der Waals surface area contributed by atoms with E-state index in [9.17, 15) is 18.7 Å². The molecule has 134 valence electrons. The number of phenols is 1. The van der Waals surface area contributed by atoms with Crippen molar-refractivity contribution in [1.29, 1.82) is 5.41 Å². The number of carbonyl (C=O) groups excluding carboxylic acids is 1. The first-order valence-electron chi connectivity index (χ1n) is 8.00. The zero-order chi connectivity index (χ0) is 18.8. The van der Waals surface area contributed by atoms with E-state index in [1.54, 1.807) is 0 Å². The number of halogens is 2. The van der Waals surface area contributed by atoms with Gasteiger partial charge in [-0.2, -0.15) is 0 Å². The number of hydrogen-bond acceptors (Lipinski definition) is 4. The molecule has 2 aromatic rings. The highest BCUT2D eigenvalue weighted by Crippen LogP contribution is 2.31. The summed E-state index contributed by atoms with van der Waals surface area (Å²) in [7, 11) is 0. The summed E-state index contributed by atoms with van der Waals surface area (Å²) in [5.74, 6) is -2.23. The normalized spacial score (nSPS) is 13.8. The fourth-order valence-corrected chi connectivity index (χ4v) is 2.40. The van der Waals surface area contributed by atoms with E-state index in [4.69, 9.17) is 11.1 Å². The van der Waals surface area contributed by atoms with Crippen LogP contribution >= 0.6 is 0 Å². The van der Waals surface area contributed by atoms with Gasteiger partial charge in [0.1, 0.15) is 5.82 Å². The van der Waals surface area contributed by atoms with Gasteiger partial charge in [-0.25, -0.2) is 8.78 Å². The first kappa shape index (κ1) is 17.6. The third kappa shape index (κ3) is 3.88. The van der Waals surface area contributed by atoms with Crippen LogP contribution in [0.4, 0.5) is 20.2 Å². The largest absolute Gasteiger partial charge is 0.505 e. The van der Waals surface area contributed by atoms with Gasteiger partial charge in [0, 0.05) is 17.2 Å². The third-order valence-corrected chi connectivity index (χ3v) is 4.05. The smallest absolute Gasteiger partial charge is 0.227 e. The highest BCUT2D eigenvalue weighted by molar-refractivity contribution is 6.12. The van der Waals surface area contributed by atoms with Gasteiger partial charge in [-0.1, -0.05) is 12.1 Å². The Kier molecular flexibility index (Phi) is 4.71. The molecule has 1 aliphatic carbocycles. The van der Waals surface area contributed by atoms with Gasteiger partial charge in [-0.3, -0.25) is 4.79 Å². The average Bonchev–Trinajstić information content (AvgIpc) is 3.43. The Morgan fingerprint density at radius 1 is 1.23 bits per heavy atom. The molecular weight excluding hydrogens is 340 g/mol. The van der Waals surface area contributed by atoms with Crippen LogP contribution in [-0.4, -0.2) is 16.7 Å². The van der Waals surface area contributed by atoms with Crippen molar-refractivity contribution in [1.82, 2.24) is 0 Å². The molecule has 7 heteroatoms. The van der Waals surface area contributed by atoms with E-state index < -0.39 is 17.4 Å². The lowest BCUT2D eigenvalue weighted by Crippen LogP contribution is -2.15. The number of amides is 1. The fraction of sp³-hybridized carbons (Fsp3) is 0.158. The first-order valence-corrected chi connectivity index (χ1v) is 8.00. The van der Waals surface area contributed by atoms with Crippen molar-refractivity contribution in [3.63, 3.8) is 0 Å². The second-order valence-electron chi connectivity index (χ2n) is 6.14. The van der Waals surface area contributed by atoms with Crippen LogP contribution in [0.2, 0.25) is 0 Å². The standard InChI is InChI=1S/C19H17F2N3O2/c20-13-5-1-10(7-18(13)25)2-6-15(22)12-8-17(14(21)9-16(12)23)24-19(26)11-3-4-11/h1-2,5-9,11,22,25H,3-4,23H2,(H,24,26)/b6-2+,22-15?. The zero-order valence-electron chi connectivity index (χ0n) is 13.7. The number of phenolic OH excluding ortho intramolecular Hbond substituents is 1. The first-order chi connectivity index (χ1) is 12.3. The molecule has 5 nitrogen and oxygen atoms in total. The zero-order valence-corrected chi connectivity index (χ0v) is 13.7. The predicted molar refractivity (Wildman–Crippen MR) is 96.1 cm³/mol. The quantitative estimate of drug-likeness (QED) is 0.485. The van der Waals surface area contributed by atoms with E-state index >= 15 is 0 Å². The third-order valence-electron chi connectivity index (χ3n) is 4.05. The second kappa shape index (κ2) is 6.95. The summed E-state index contributed by atoms with van der Waals surface area (Å²) in [4.78, 5) is 11.8. The number of rotatable bonds is 5. The Balaban J connectivity index is 1.82. The molecule has 1 aliphatic rings. The van der Waals surface area contributed by atoms with Crippen LogP contribution in [0, 0.1) is 23.0 Å². The highest BCUT2D eigenvalue weighted by atomic mass is 19.1. The molecule has 0 bridgehead atoms. The van der Waals surface area contributed by atoms with E-state index in [0.29, 0.717) is 5.56 Å². The summed E-state index contributed by atoms with van der Waals surface area (Å²) in [5, 5.41) is 20.0. The minimum absolute atomic E-state index is 0.0202. The summed E-state index contributed by atoms with van der Waals surface area (Å²) >= 11 is 0. The molecule has 0 aromatic heterocycles. The van der Waals surface area contributed by atoms with Crippen molar-refractivity contribution in [2.45, 2.75) is 12.8 Å². The number of nitrogens with two attached hydrogens (primary N) is 1. The number of carbonyl (C=O) groups is 1. The number of hydrogen-bond donors (Lipinski definition) is 4. The van der Waals surface area contributed by atoms with E-state index in [-0.39, 0.29) is 34.5 Å². The molecule has 1 saturated carbocycles. The van der Waals surface area contributed by atoms with Gasteiger partial charge in [-0.05, 0) is 48.7 Å². The van der Waals surface area contributed by atoms with E-state index in [1.165, 1.54) is 30.4 Å². The number of nitrogen functional groups attached to an aromatic ring is 1. The minimum atomic E-state index is -0.740. The highest BCUT2D eigenvalue weighted by Gasteiger charge is 2.30. The summed E-state index contributed by atoms with van der Waals surface area (Å²) in [5.41, 5.74) is 6.54. The number of allylic oxidation sites excluding steroid dienone is 1. The Bertz CT molecular complexity index is 921. The van der Waals surface area contributed by atoms with Crippen molar-refractivity contribution in [3.8, 4) is 5.75 Å². The monoisotopic (exact) mass is 357 g/mol. The van der Waals surface area contributed by atoms with Crippen molar-refractivity contribution in [3.05, 3.63) is 59.2 Å². The van der Waals surface area contributed by atoms with E-state index in [1.807, 2.05) is 0 Å². The van der Waals surface area contributed by atoms with Gasteiger partial charge in [0.25, 0.3) is 0 Å². The number of anilines is 2. The topological polar surface area (TPSA) is 99.2 Å². The number of aromatic hydroxyl groups is 1. The van der Waals surface area contributed by atoms with Crippen molar-refractivity contribution in [2.75, 3.05) is 11.1 Å². The van der Waals surface area contributed by atoms with Crippen LogP contribution in [0.25, 0.3) is 6.08 Å². The Morgan fingerprint density at radius 3 is 2.62 bits per heavy atom. The van der Waals surface area contributed by atoms with Gasteiger partial charge >= 0.3 is 0 Å². The molecule has 0 atom stereocenters. The molecule has 3 rings (SSSR count). The molecule has 1 amide bonds. The maximum Gasteiger partial charge on any atom is 0.227 e. The molecule has 0 spiro atoms. The molecule has 0 heterocycles.